The van der Waals surface area contributed by atoms with Crippen molar-refractivity contribution in [1.29, 1.82) is 0 Å². The third kappa shape index (κ3) is 5.04. The van der Waals surface area contributed by atoms with Crippen molar-refractivity contribution in [3.05, 3.63) is 129 Å². The fourth-order valence-electron chi connectivity index (χ4n) is 3.83. The molecule has 1 aromatic heterocycles. The smallest absolute Gasteiger partial charge is 0.336 e. The van der Waals surface area contributed by atoms with Crippen molar-refractivity contribution in [3.63, 3.8) is 0 Å². The lowest BCUT2D eigenvalue weighted by molar-refractivity contribution is 0.255. The van der Waals surface area contributed by atoms with E-state index in [0.717, 1.165) is 27.6 Å². The Balaban J connectivity index is 1.61. The van der Waals surface area contributed by atoms with Crippen molar-refractivity contribution in [2.24, 2.45) is 0 Å². The predicted octanol–water partition coefficient (Wildman–Crippen LogP) is 7.92. The molecule has 0 unspecified atom stereocenters. The molecule has 0 aliphatic rings. The van der Waals surface area contributed by atoms with Crippen LogP contribution in [0.2, 0.25) is 10.0 Å². The van der Waals surface area contributed by atoms with Gasteiger partial charge < -0.3 is 13.9 Å². The van der Waals surface area contributed by atoms with E-state index in [2.05, 4.69) is 0 Å². The molecule has 0 bridgehead atoms. The molecule has 5 rings (SSSR count). The van der Waals surface area contributed by atoms with E-state index in [1.54, 1.807) is 12.1 Å². The number of hydrogen-bond donors (Lipinski definition) is 0. The highest BCUT2D eigenvalue weighted by atomic mass is 35.5. The molecule has 174 valence electrons. The van der Waals surface area contributed by atoms with Crippen LogP contribution in [0.5, 0.6) is 11.5 Å². The average molecular weight is 503 g/mol. The fourth-order valence-corrected chi connectivity index (χ4v) is 4.21. The van der Waals surface area contributed by atoms with Gasteiger partial charge in [-0.2, -0.15) is 0 Å². The minimum atomic E-state index is -0.484. The zero-order chi connectivity index (χ0) is 24.2. The van der Waals surface area contributed by atoms with Crippen molar-refractivity contribution in [3.8, 4) is 22.6 Å². The van der Waals surface area contributed by atoms with Crippen LogP contribution >= 0.6 is 23.2 Å². The van der Waals surface area contributed by atoms with Crippen LogP contribution in [0.4, 0.5) is 0 Å². The molecule has 1 heterocycles. The summed E-state index contributed by atoms with van der Waals surface area (Å²) >= 11 is 12.6. The summed E-state index contributed by atoms with van der Waals surface area (Å²) in [6.45, 7) is 0.386. The Hall–Kier alpha value is -3.73. The second kappa shape index (κ2) is 10.3. The molecule has 0 atom stereocenters. The van der Waals surface area contributed by atoms with Gasteiger partial charge in [0.05, 0.1) is 0 Å². The Morgan fingerprint density at radius 1 is 0.686 bits per heavy atom. The standard InChI is InChI=1S/C29H20Cl2O4/c30-24-12-6-4-10-20(24)17-33-26-15-14-22-23(19-8-2-1-3-9-19)16-27(32)35-28(22)29(26)34-18-21-11-5-7-13-25(21)31/h1-16H,17-18H2. The van der Waals surface area contributed by atoms with Crippen LogP contribution in [-0.2, 0) is 13.2 Å². The number of ether oxygens (including phenoxy) is 2. The average Bonchev–Trinajstić information content (AvgIpc) is 2.88. The third-order valence-electron chi connectivity index (χ3n) is 5.59. The summed E-state index contributed by atoms with van der Waals surface area (Å²) in [7, 11) is 0. The molecule has 0 N–H and O–H groups in total. The zero-order valence-corrected chi connectivity index (χ0v) is 20.1. The molecule has 0 aliphatic heterocycles. The lowest BCUT2D eigenvalue weighted by Gasteiger charge is -2.16. The SMILES string of the molecule is O=c1cc(-c2ccccc2)c2ccc(OCc3ccccc3Cl)c(OCc3ccccc3Cl)c2o1. The van der Waals surface area contributed by atoms with Crippen molar-refractivity contribution >= 4 is 34.2 Å². The number of hydrogen-bond acceptors (Lipinski definition) is 4. The van der Waals surface area contributed by atoms with Gasteiger partial charge in [-0.25, -0.2) is 4.79 Å². The Morgan fingerprint density at radius 3 is 1.94 bits per heavy atom. The van der Waals surface area contributed by atoms with Gasteiger partial charge in [-0.1, -0.05) is 89.9 Å². The summed E-state index contributed by atoms with van der Waals surface area (Å²) in [5, 5.41) is 1.91. The molecular formula is C29H20Cl2O4. The first kappa shape index (κ1) is 23.0. The van der Waals surface area contributed by atoms with Crippen LogP contribution in [0, 0.1) is 0 Å². The molecule has 35 heavy (non-hydrogen) atoms. The summed E-state index contributed by atoms with van der Waals surface area (Å²) in [6, 6.07) is 29.7. The van der Waals surface area contributed by atoms with E-state index >= 15 is 0 Å². The van der Waals surface area contributed by atoms with Gasteiger partial charge in [0, 0.05) is 32.6 Å². The van der Waals surface area contributed by atoms with Gasteiger partial charge in [-0.05, 0) is 35.4 Å². The van der Waals surface area contributed by atoms with Crippen LogP contribution in [0.15, 0.2) is 106 Å². The Bertz CT molecular complexity index is 1540. The van der Waals surface area contributed by atoms with E-state index < -0.39 is 5.63 Å². The molecule has 0 radical (unpaired) electrons. The summed E-state index contributed by atoms with van der Waals surface area (Å²) in [5.41, 5.74) is 3.09. The molecule has 4 nitrogen and oxygen atoms in total. The Kier molecular flexibility index (Phi) is 6.75. The summed E-state index contributed by atoms with van der Waals surface area (Å²) < 4.78 is 18.0. The molecule has 0 spiro atoms. The minimum Gasteiger partial charge on any atom is -0.485 e. The van der Waals surface area contributed by atoms with E-state index in [1.165, 1.54) is 6.07 Å². The van der Waals surface area contributed by atoms with Gasteiger partial charge in [-0.15, -0.1) is 0 Å². The van der Waals surface area contributed by atoms with Gasteiger partial charge >= 0.3 is 5.63 Å². The number of halogens is 2. The van der Waals surface area contributed by atoms with Crippen molar-refractivity contribution < 1.29 is 13.9 Å². The highest BCUT2D eigenvalue weighted by Gasteiger charge is 2.18. The number of rotatable bonds is 7. The topological polar surface area (TPSA) is 48.7 Å². The summed E-state index contributed by atoms with van der Waals surface area (Å²) in [6.07, 6.45) is 0. The first-order valence-electron chi connectivity index (χ1n) is 11.0. The third-order valence-corrected chi connectivity index (χ3v) is 6.32. The monoisotopic (exact) mass is 502 g/mol. The van der Waals surface area contributed by atoms with Gasteiger partial charge in [0.1, 0.15) is 13.2 Å². The Labute approximate surface area is 212 Å². The Morgan fingerprint density at radius 2 is 1.29 bits per heavy atom. The maximum atomic E-state index is 12.6. The van der Waals surface area contributed by atoms with Gasteiger partial charge in [-0.3, -0.25) is 0 Å². The lowest BCUT2D eigenvalue weighted by atomic mass is 10.0. The van der Waals surface area contributed by atoms with E-state index in [4.69, 9.17) is 37.1 Å². The first-order chi connectivity index (χ1) is 17.1. The van der Waals surface area contributed by atoms with Crippen LogP contribution in [0.1, 0.15) is 11.1 Å². The first-order valence-corrected chi connectivity index (χ1v) is 11.7. The van der Waals surface area contributed by atoms with Crippen molar-refractivity contribution in [2.75, 3.05) is 0 Å². The predicted molar refractivity (Wildman–Crippen MR) is 139 cm³/mol. The van der Waals surface area contributed by atoms with Crippen molar-refractivity contribution in [2.45, 2.75) is 13.2 Å². The van der Waals surface area contributed by atoms with Gasteiger partial charge in [0.15, 0.2) is 11.3 Å². The number of fused-ring (bicyclic) bond motifs is 1. The van der Waals surface area contributed by atoms with Crippen molar-refractivity contribution in [1.82, 2.24) is 0 Å². The minimum absolute atomic E-state index is 0.167. The molecule has 0 saturated carbocycles. The van der Waals surface area contributed by atoms with Crippen LogP contribution < -0.4 is 15.1 Å². The van der Waals surface area contributed by atoms with Crippen LogP contribution in [0.3, 0.4) is 0 Å². The lowest BCUT2D eigenvalue weighted by Crippen LogP contribution is -2.04. The molecule has 0 saturated heterocycles. The fraction of sp³-hybridized carbons (Fsp3) is 0.0690. The molecule has 4 aromatic carbocycles. The molecule has 6 heteroatoms. The van der Waals surface area contributed by atoms with Crippen LogP contribution in [0.25, 0.3) is 22.1 Å². The number of benzene rings is 4. The van der Waals surface area contributed by atoms with Crippen LogP contribution in [-0.4, -0.2) is 0 Å². The molecule has 0 aliphatic carbocycles. The highest BCUT2D eigenvalue weighted by molar-refractivity contribution is 6.31. The van der Waals surface area contributed by atoms with E-state index in [9.17, 15) is 4.79 Å². The van der Waals surface area contributed by atoms with E-state index in [-0.39, 0.29) is 13.2 Å². The molecule has 5 aromatic rings. The zero-order valence-electron chi connectivity index (χ0n) is 18.5. The largest absolute Gasteiger partial charge is 0.485 e. The maximum absolute atomic E-state index is 12.6. The van der Waals surface area contributed by atoms with Gasteiger partial charge in [0.25, 0.3) is 0 Å². The second-order valence-corrected chi connectivity index (χ2v) is 8.69. The van der Waals surface area contributed by atoms with E-state index in [0.29, 0.717) is 27.1 Å². The quantitative estimate of drug-likeness (QED) is 0.212. The van der Waals surface area contributed by atoms with Gasteiger partial charge in [0.2, 0.25) is 5.75 Å². The maximum Gasteiger partial charge on any atom is 0.336 e. The molecule has 0 fully saturated rings. The second-order valence-electron chi connectivity index (χ2n) is 7.87. The highest BCUT2D eigenvalue weighted by Crippen LogP contribution is 2.40. The summed E-state index contributed by atoms with van der Waals surface area (Å²) in [5.74, 6) is 0.752. The molecular weight excluding hydrogens is 483 g/mol. The normalized spacial score (nSPS) is 10.9. The summed E-state index contributed by atoms with van der Waals surface area (Å²) in [4.78, 5) is 12.6. The van der Waals surface area contributed by atoms with E-state index in [1.807, 2.05) is 78.9 Å². The molecule has 0 amide bonds.